The third-order valence-electron chi connectivity index (χ3n) is 3.11. The number of benzene rings is 1. The zero-order valence-corrected chi connectivity index (χ0v) is 10.9. The second kappa shape index (κ2) is 4.91. The molecule has 0 aliphatic heterocycles. The summed E-state index contributed by atoms with van der Waals surface area (Å²) in [7, 11) is 1.29. The van der Waals surface area contributed by atoms with Gasteiger partial charge in [-0.2, -0.15) is 0 Å². The number of nitrogens with two attached hydrogens (primary N) is 2. The van der Waals surface area contributed by atoms with E-state index < -0.39 is 6.09 Å². The first-order valence-electron chi connectivity index (χ1n) is 5.63. The van der Waals surface area contributed by atoms with Gasteiger partial charge in [0, 0.05) is 5.56 Å². The summed E-state index contributed by atoms with van der Waals surface area (Å²) in [5, 5.41) is 1.01. The third-order valence-corrected chi connectivity index (χ3v) is 3.34. The van der Waals surface area contributed by atoms with E-state index in [0.29, 0.717) is 10.7 Å². The highest BCUT2D eigenvalue weighted by Crippen LogP contribution is 2.32. The van der Waals surface area contributed by atoms with Crippen LogP contribution in [0.3, 0.4) is 0 Å². The third kappa shape index (κ3) is 2.16. The van der Waals surface area contributed by atoms with E-state index in [-0.39, 0.29) is 0 Å². The number of thiocarbonyl (C=S) groups is 1. The van der Waals surface area contributed by atoms with Crippen molar-refractivity contribution in [1.82, 2.24) is 0 Å². The van der Waals surface area contributed by atoms with Crippen molar-refractivity contribution in [2.45, 2.75) is 19.3 Å². The lowest BCUT2D eigenvalue weighted by Gasteiger charge is -2.19. The Labute approximate surface area is 111 Å². The van der Waals surface area contributed by atoms with Crippen LogP contribution in [0, 0.1) is 0 Å². The van der Waals surface area contributed by atoms with Crippen LogP contribution in [0.1, 0.15) is 23.1 Å². The number of carbonyl (C=O) groups excluding carboxylic acids is 1. The molecular weight excluding hydrogens is 250 g/mol. The predicted molar refractivity (Wildman–Crippen MR) is 73.4 cm³/mol. The summed E-state index contributed by atoms with van der Waals surface area (Å²) < 4.78 is 4.62. The monoisotopic (exact) mass is 265 g/mol. The molecule has 0 radical (unpaired) electrons. The van der Waals surface area contributed by atoms with E-state index in [0.717, 1.165) is 41.0 Å². The highest BCUT2D eigenvalue weighted by molar-refractivity contribution is 7.80. The van der Waals surface area contributed by atoms with Gasteiger partial charge in [-0.3, -0.25) is 0 Å². The molecule has 1 aliphatic rings. The molecule has 0 atom stereocenters. The Morgan fingerprint density at radius 3 is 2.78 bits per heavy atom. The molecule has 0 saturated carbocycles. The van der Waals surface area contributed by atoms with Gasteiger partial charge in [0.25, 0.3) is 0 Å². The molecule has 6 heteroatoms. The number of rotatable bonds is 2. The smallest absolute Gasteiger partial charge is 0.428 e. The summed E-state index contributed by atoms with van der Waals surface area (Å²) in [5.41, 5.74) is 9.21. The van der Waals surface area contributed by atoms with Crippen molar-refractivity contribution in [3.05, 3.63) is 28.8 Å². The number of hydrogen-bond donors (Lipinski definition) is 2. The molecule has 0 unspecified atom stereocenters. The van der Waals surface area contributed by atoms with Crippen LogP contribution >= 0.6 is 12.2 Å². The maximum Gasteiger partial charge on any atom is 0.428 e. The van der Waals surface area contributed by atoms with Crippen molar-refractivity contribution in [3.8, 4) is 0 Å². The molecule has 2 rings (SSSR count). The molecule has 1 aliphatic carbocycles. The number of carbonyl (C=O) groups is 1. The molecule has 0 bridgehead atoms. The lowest BCUT2D eigenvalue weighted by molar-refractivity contribution is 0.178. The molecular formula is C12H15N3O2S. The number of methoxy groups -OCH3 is 1. The summed E-state index contributed by atoms with van der Waals surface area (Å²) in [6, 6.07) is 3.71. The van der Waals surface area contributed by atoms with Gasteiger partial charge in [0.2, 0.25) is 0 Å². The summed E-state index contributed by atoms with van der Waals surface area (Å²) in [6.07, 6.45) is 2.28. The van der Waals surface area contributed by atoms with Crippen molar-refractivity contribution in [2.24, 2.45) is 11.6 Å². The van der Waals surface area contributed by atoms with Crippen LogP contribution in [-0.4, -0.2) is 18.2 Å². The van der Waals surface area contributed by atoms with Crippen LogP contribution in [0.4, 0.5) is 10.5 Å². The minimum Gasteiger partial charge on any atom is -0.452 e. The average Bonchev–Trinajstić information content (AvgIpc) is 2.83. The van der Waals surface area contributed by atoms with Crippen molar-refractivity contribution < 1.29 is 9.53 Å². The lowest BCUT2D eigenvalue weighted by Crippen LogP contribution is -2.38. The van der Waals surface area contributed by atoms with Gasteiger partial charge in [-0.25, -0.2) is 15.6 Å². The first kappa shape index (κ1) is 12.8. The van der Waals surface area contributed by atoms with Gasteiger partial charge in [-0.05, 0) is 42.5 Å². The lowest BCUT2D eigenvalue weighted by atomic mass is 10.0. The summed E-state index contributed by atoms with van der Waals surface area (Å²) in [6.45, 7) is 0. The fraction of sp³-hybridized carbons (Fsp3) is 0.333. The Hall–Kier alpha value is -1.66. The molecule has 0 aromatic heterocycles. The normalized spacial score (nSPS) is 13.0. The van der Waals surface area contributed by atoms with Crippen molar-refractivity contribution >= 4 is 29.0 Å². The molecule has 5 nitrogen and oxygen atoms in total. The van der Waals surface area contributed by atoms with E-state index in [4.69, 9.17) is 23.8 Å². The van der Waals surface area contributed by atoms with Gasteiger partial charge in [0.1, 0.15) is 4.99 Å². The maximum atomic E-state index is 11.5. The van der Waals surface area contributed by atoms with E-state index in [2.05, 4.69) is 4.74 Å². The topological polar surface area (TPSA) is 81.6 Å². The maximum absolute atomic E-state index is 11.5. The quantitative estimate of drug-likeness (QED) is 0.364. The van der Waals surface area contributed by atoms with Gasteiger partial charge in [0.05, 0.1) is 12.8 Å². The van der Waals surface area contributed by atoms with Gasteiger partial charge >= 0.3 is 6.09 Å². The molecule has 18 heavy (non-hydrogen) atoms. The Bertz CT molecular complexity index is 516. The Kier molecular flexibility index (Phi) is 3.49. The van der Waals surface area contributed by atoms with Crippen LogP contribution in [0.15, 0.2) is 12.1 Å². The highest BCUT2D eigenvalue weighted by Gasteiger charge is 2.22. The van der Waals surface area contributed by atoms with E-state index in [1.54, 1.807) is 6.07 Å². The average molecular weight is 265 g/mol. The van der Waals surface area contributed by atoms with Gasteiger partial charge < -0.3 is 10.5 Å². The van der Waals surface area contributed by atoms with Crippen molar-refractivity contribution in [1.29, 1.82) is 0 Å². The van der Waals surface area contributed by atoms with E-state index >= 15 is 0 Å². The summed E-state index contributed by atoms with van der Waals surface area (Å²) in [5.74, 6) is 5.77. The predicted octanol–water partition coefficient (Wildman–Crippen LogP) is 1.26. The first-order chi connectivity index (χ1) is 8.54. The fourth-order valence-electron chi connectivity index (χ4n) is 2.24. The molecule has 1 aromatic carbocycles. The van der Waals surface area contributed by atoms with Crippen LogP contribution in [0.25, 0.3) is 0 Å². The minimum absolute atomic E-state index is 0.296. The Morgan fingerprint density at radius 2 is 2.17 bits per heavy atom. The minimum atomic E-state index is -0.607. The molecule has 0 saturated heterocycles. The van der Waals surface area contributed by atoms with Crippen molar-refractivity contribution in [3.63, 3.8) is 0 Å². The molecule has 1 aromatic rings. The Balaban J connectivity index is 2.51. The summed E-state index contributed by atoms with van der Waals surface area (Å²) >= 11 is 4.98. The fourth-order valence-corrected chi connectivity index (χ4v) is 2.35. The number of ether oxygens (including phenoxy) is 1. The SMILES string of the molecule is COC(=O)N(N)c1cc(C(N)=S)cc2c1CCC2. The highest BCUT2D eigenvalue weighted by atomic mass is 32.1. The number of amides is 1. The van der Waals surface area contributed by atoms with Crippen molar-refractivity contribution in [2.75, 3.05) is 12.1 Å². The number of aryl methyl sites for hydroxylation is 1. The molecule has 0 spiro atoms. The standard InChI is InChI=1S/C12H15N3O2S/c1-17-12(16)15(14)10-6-8(11(13)18)5-7-3-2-4-9(7)10/h5-6H,2-4,14H2,1H3,(H2,13,18). The number of hydrazine groups is 1. The van der Waals surface area contributed by atoms with Crippen LogP contribution < -0.4 is 16.6 Å². The second-order valence-electron chi connectivity index (χ2n) is 4.19. The van der Waals surface area contributed by atoms with Gasteiger partial charge in [-0.1, -0.05) is 12.2 Å². The zero-order chi connectivity index (χ0) is 13.3. The molecule has 1 amide bonds. The second-order valence-corrected chi connectivity index (χ2v) is 4.63. The summed E-state index contributed by atoms with van der Waals surface area (Å²) in [4.78, 5) is 11.8. The van der Waals surface area contributed by atoms with Crippen LogP contribution in [0.2, 0.25) is 0 Å². The molecule has 0 heterocycles. The molecule has 4 N–H and O–H groups in total. The number of anilines is 1. The van der Waals surface area contributed by atoms with E-state index in [1.807, 2.05) is 6.07 Å². The van der Waals surface area contributed by atoms with Crippen LogP contribution in [-0.2, 0) is 17.6 Å². The van der Waals surface area contributed by atoms with E-state index in [1.165, 1.54) is 7.11 Å². The zero-order valence-electron chi connectivity index (χ0n) is 10.1. The van der Waals surface area contributed by atoms with E-state index in [9.17, 15) is 4.79 Å². The largest absolute Gasteiger partial charge is 0.452 e. The number of fused-ring (bicyclic) bond motifs is 1. The van der Waals surface area contributed by atoms with Crippen LogP contribution in [0.5, 0.6) is 0 Å². The Morgan fingerprint density at radius 1 is 1.44 bits per heavy atom. The number of nitrogens with zero attached hydrogens (tertiary/aromatic N) is 1. The first-order valence-corrected chi connectivity index (χ1v) is 6.03. The van der Waals surface area contributed by atoms with Gasteiger partial charge in [0.15, 0.2) is 0 Å². The molecule has 0 fully saturated rings. The van der Waals surface area contributed by atoms with Gasteiger partial charge in [-0.15, -0.1) is 0 Å². The molecule has 96 valence electrons. The number of hydrogen-bond acceptors (Lipinski definition) is 4.